The maximum absolute atomic E-state index is 13.2. The molecule has 1 fully saturated rings. The fourth-order valence-corrected chi connectivity index (χ4v) is 6.22. The average Bonchev–Trinajstić information content (AvgIpc) is 2.92. The number of nitrogens with zero attached hydrogens (tertiary/aromatic N) is 4. The van der Waals surface area contributed by atoms with E-state index in [2.05, 4.69) is 39.0 Å². The number of sulfone groups is 1. The second kappa shape index (κ2) is 10.2. The van der Waals surface area contributed by atoms with Gasteiger partial charge in [0.05, 0.1) is 16.2 Å². The van der Waals surface area contributed by atoms with Crippen LogP contribution < -0.4 is 9.80 Å². The molecule has 7 nitrogen and oxygen atoms in total. The Hall–Kier alpha value is -3.91. The molecule has 8 heteroatoms. The number of hydrogen-bond donors (Lipinski definition) is 0. The fraction of sp³-hybridized carbons (Fsp3) is 0.241. The SMILES string of the molecule is CN(C)c1cccc(N2CCN(C(=O)c3ccc(CS(=O)(=O)c4cccc5cccnc45)cc3)CC2)c1. The van der Waals surface area contributed by atoms with Crippen molar-refractivity contribution in [2.75, 3.05) is 50.1 Å². The predicted octanol–water partition coefficient (Wildman–Crippen LogP) is 4.24. The van der Waals surface area contributed by atoms with Crippen molar-refractivity contribution in [1.82, 2.24) is 9.88 Å². The highest BCUT2D eigenvalue weighted by Gasteiger charge is 2.23. The van der Waals surface area contributed by atoms with E-state index in [-0.39, 0.29) is 16.6 Å². The molecule has 5 rings (SSSR count). The van der Waals surface area contributed by atoms with Crippen LogP contribution in [0.5, 0.6) is 0 Å². The van der Waals surface area contributed by atoms with Crippen molar-refractivity contribution in [1.29, 1.82) is 0 Å². The number of hydrogen-bond acceptors (Lipinski definition) is 6. The maximum Gasteiger partial charge on any atom is 0.253 e. The number of rotatable bonds is 6. The number of pyridine rings is 1. The summed E-state index contributed by atoms with van der Waals surface area (Å²) in [5.41, 5.74) is 3.98. The smallest absolute Gasteiger partial charge is 0.253 e. The van der Waals surface area contributed by atoms with Gasteiger partial charge in [0.25, 0.3) is 5.91 Å². The molecule has 0 radical (unpaired) electrons. The summed E-state index contributed by atoms with van der Waals surface area (Å²) in [4.78, 5) is 23.9. The molecule has 37 heavy (non-hydrogen) atoms. The molecule has 0 aliphatic carbocycles. The first-order chi connectivity index (χ1) is 17.8. The Bertz CT molecular complexity index is 1520. The van der Waals surface area contributed by atoms with Gasteiger partial charge in [-0.3, -0.25) is 9.78 Å². The molecule has 0 atom stereocenters. The molecule has 0 bridgehead atoms. The van der Waals surface area contributed by atoms with Gasteiger partial charge in [0, 0.05) is 68.8 Å². The topological polar surface area (TPSA) is 73.8 Å². The minimum absolute atomic E-state index is 0.0330. The third kappa shape index (κ3) is 5.29. The highest BCUT2D eigenvalue weighted by molar-refractivity contribution is 7.90. The van der Waals surface area contributed by atoms with E-state index in [4.69, 9.17) is 0 Å². The molecule has 0 saturated carbocycles. The largest absolute Gasteiger partial charge is 0.378 e. The third-order valence-corrected chi connectivity index (χ3v) is 8.48. The van der Waals surface area contributed by atoms with E-state index in [1.165, 1.54) is 0 Å². The second-order valence-electron chi connectivity index (χ2n) is 9.48. The normalized spacial score (nSPS) is 14.1. The number of anilines is 2. The molecule has 1 amide bonds. The highest BCUT2D eigenvalue weighted by atomic mass is 32.2. The van der Waals surface area contributed by atoms with Gasteiger partial charge < -0.3 is 14.7 Å². The van der Waals surface area contributed by atoms with Crippen LogP contribution in [0.1, 0.15) is 15.9 Å². The zero-order valence-electron chi connectivity index (χ0n) is 21.0. The van der Waals surface area contributed by atoms with E-state index in [0.717, 1.165) is 29.9 Å². The number of para-hydroxylation sites is 1. The van der Waals surface area contributed by atoms with Crippen molar-refractivity contribution in [3.63, 3.8) is 0 Å². The van der Waals surface area contributed by atoms with Crippen LogP contribution in [0.3, 0.4) is 0 Å². The Morgan fingerprint density at radius 3 is 2.32 bits per heavy atom. The van der Waals surface area contributed by atoms with E-state index >= 15 is 0 Å². The minimum Gasteiger partial charge on any atom is -0.378 e. The Labute approximate surface area is 217 Å². The van der Waals surface area contributed by atoms with Crippen LogP contribution in [-0.4, -0.2) is 64.5 Å². The summed E-state index contributed by atoms with van der Waals surface area (Å²) in [6.07, 6.45) is 1.60. The molecule has 1 saturated heterocycles. The molecule has 3 aromatic carbocycles. The number of piperazine rings is 1. The van der Waals surface area contributed by atoms with Crippen molar-refractivity contribution in [3.05, 3.63) is 96.2 Å². The van der Waals surface area contributed by atoms with Crippen LogP contribution in [0.25, 0.3) is 10.9 Å². The van der Waals surface area contributed by atoms with Gasteiger partial charge in [0.1, 0.15) is 0 Å². The Morgan fingerprint density at radius 1 is 0.892 bits per heavy atom. The standard InChI is InChI=1S/C29H30N4O3S/c1-31(2)25-8-4-9-26(20-25)32-16-18-33(19-17-32)29(34)24-13-11-22(12-14-24)21-37(35,36)27-10-3-6-23-7-5-15-30-28(23)27/h3-15,20H,16-19,21H2,1-2H3. The first-order valence-corrected chi connectivity index (χ1v) is 13.9. The van der Waals surface area contributed by atoms with Gasteiger partial charge in [-0.25, -0.2) is 8.42 Å². The first-order valence-electron chi connectivity index (χ1n) is 12.3. The van der Waals surface area contributed by atoms with Gasteiger partial charge in [-0.05, 0) is 48.0 Å². The zero-order chi connectivity index (χ0) is 26.0. The van der Waals surface area contributed by atoms with Gasteiger partial charge in [0.15, 0.2) is 9.84 Å². The van der Waals surface area contributed by atoms with Gasteiger partial charge in [-0.2, -0.15) is 0 Å². The summed E-state index contributed by atoms with van der Waals surface area (Å²) < 4.78 is 26.3. The Kier molecular flexibility index (Phi) is 6.84. The van der Waals surface area contributed by atoms with Crippen molar-refractivity contribution >= 4 is 38.0 Å². The van der Waals surface area contributed by atoms with Gasteiger partial charge in [-0.15, -0.1) is 0 Å². The monoisotopic (exact) mass is 514 g/mol. The van der Waals surface area contributed by atoms with E-state index in [1.54, 1.807) is 48.7 Å². The number of aromatic nitrogens is 1. The predicted molar refractivity (Wildman–Crippen MR) is 148 cm³/mol. The van der Waals surface area contributed by atoms with Crippen LogP contribution in [0.15, 0.2) is 90.0 Å². The summed E-state index contributed by atoms with van der Waals surface area (Å²) in [5, 5.41) is 0.787. The van der Waals surface area contributed by atoms with Crippen molar-refractivity contribution in [2.45, 2.75) is 10.6 Å². The maximum atomic E-state index is 13.2. The summed E-state index contributed by atoms with van der Waals surface area (Å²) in [5.74, 6) is -0.184. The van der Waals surface area contributed by atoms with Gasteiger partial charge in [-0.1, -0.05) is 36.4 Å². The lowest BCUT2D eigenvalue weighted by molar-refractivity contribution is 0.0747. The molecule has 190 valence electrons. The average molecular weight is 515 g/mol. The van der Waals surface area contributed by atoms with Gasteiger partial charge in [0.2, 0.25) is 0 Å². The van der Waals surface area contributed by atoms with E-state index in [9.17, 15) is 13.2 Å². The fourth-order valence-electron chi connectivity index (χ4n) is 4.69. The quantitative estimate of drug-likeness (QED) is 0.383. The molecule has 4 aromatic rings. The molecule has 1 aliphatic rings. The summed E-state index contributed by atoms with van der Waals surface area (Å²) in [6, 6.07) is 24.1. The number of carbonyl (C=O) groups excluding carboxylic acids is 1. The molecular weight excluding hydrogens is 484 g/mol. The van der Waals surface area contributed by atoms with Crippen molar-refractivity contribution < 1.29 is 13.2 Å². The van der Waals surface area contributed by atoms with E-state index in [1.807, 2.05) is 31.1 Å². The van der Waals surface area contributed by atoms with E-state index in [0.29, 0.717) is 29.7 Å². The number of amides is 1. The Morgan fingerprint density at radius 2 is 1.59 bits per heavy atom. The van der Waals surface area contributed by atoms with Crippen LogP contribution >= 0.6 is 0 Å². The summed E-state index contributed by atoms with van der Waals surface area (Å²) >= 11 is 0. The Balaban J connectivity index is 1.24. The first kappa shape index (κ1) is 24.8. The number of benzene rings is 3. The molecule has 0 spiro atoms. The lowest BCUT2D eigenvalue weighted by Gasteiger charge is -2.36. The summed E-state index contributed by atoms with van der Waals surface area (Å²) in [6.45, 7) is 2.79. The highest BCUT2D eigenvalue weighted by Crippen LogP contribution is 2.25. The van der Waals surface area contributed by atoms with Crippen LogP contribution in [-0.2, 0) is 15.6 Å². The van der Waals surface area contributed by atoms with Crippen LogP contribution in [0, 0.1) is 0 Å². The van der Waals surface area contributed by atoms with Gasteiger partial charge >= 0.3 is 0 Å². The molecule has 0 N–H and O–H groups in total. The lowest BCUT2D eigenvalue weighted by Crippen LogP contribution is -2.48. The second-order valence-corrected chi connectivity index (χ2v) is 11.4. The molecular formula is C29H30N4O3S. The molecule has 1 aliphatic heterocycles. The van der Waals surface area contributed by atoms with Crippen molar-refractivity contribution in [2.24, 2.45) is 0 Å². The number of carbonyl (C=O) groups is 1. The van der Waals surface area contributed by atoms with Crippen molar-refractivity contribution in [3.8, 4) is 0 Å². The lowest BCUT2D eigenvalue weighted by atomic mass is 10.1. The zero-order valence-corrected chi connectivity index (χ0v) is 21.9. The summed E-state index contributed by atoms with van der Waals surface area (Å²) in [7, 11) is 0.449. The van der Waals surface area contributed by atoms with E-state index < -0.39 is 9.84 Å². The minimum atomic E-state index is -3.60. The molecule has 2 heterocycles. The number of fused-ring (bicyclic) bond motifs is 1. The van der Waals surface area contributed by atoms with Crippen LogP contribution in [0.4, 0.5) is 11.4 Å². The third-order valence-electron chi connectivity index (χ3n) is 6.77. The molecule has 1 aromatic heterocycles. The molecule has 0 unspecified atom stereocenters. The van der Waals surface area contributed by atoms with Crippen LogP contribution in [0.2, 0.25) is 0 Å².